The molecule has 4 aromatic carbocycles. The summed E-state index contributed by atoms with van der Waals surface area (Å²) in [5.41, 5.74) is 2.58. The van der Waals surface area contributed by atoms with Crippen molar-refractivity contribution in [1.29, 1.82) is 0 Å². The molecule has 1 fully saturated rings. The number of anilines is 2. The van der Waals surface area contributed by atoms with Crippen LogP contribution in [0.5, 0.6) is 34.5 Å². The quantitative estimate of drug-likeness (QED) is 0.0645. The molecule has 1 aliphatic carbocycles. The third-order valence-corrected chi connectivity index (χ3v) is 10.2. The van der Waals surface area contributed by atoms with Crippen molar-refractivity contribution in [1.82, 2.24) is 4.98 Å². The summed E-state index contributed by atoms with van der Waals surface area (Å²) < 4.78 is 10.5. The van der Waals surface area contributed by atoms with E-state index in [0.717, 1.165) is 40.4 Å². The first-order valence-electron chi connectivity index (χ1n) is 17.2. The van der Waals surface area contributed by atoms with Crippen molar-refractivity contribution in [2.45, 2.75) is 62.9 Å². The molecule has 0 spiro atoms. The van der Waals surface area contributed by atoms with Crippen LogP contribution >= 0.6 is 0 Å². The summed E-state index contributed by atoms with van der Waals surface area (Å²) in [5, 5.41) is 57.7. The summed E-state index contributed by atoms with van der Waals surface area (Å²) >= 11 is 0. The van der Waals surface area contributed by atoms with E-state index in [0.29, 0.717) is 42.8 Å². The first kappa shape index (κ1) is 35.3. The molecule has 10 heteroatoms. The lowest BCUT2D eigenvalue weighted by atomic mass is 9.64. The van der Waals surface area contributed by atoms with Gasteiger partial charge in [0.2, 0.25) is 5.75 Å². The van der Waals surface area contributed by atoms with Crippen molar-refractivity contribution in [2.24, 2.45) is 5.92 Å². The molecule has 51 heavy (non-hydrogen) atoms. The van der Waals surface area contributed by atoms with E-state index in [1.165, 1.54) is 20.3 Å². The van der Waals surface area contributed by atoms with Crippen LogP contribution in [0.25, 0.3) is 10.8 Å². The molecule has 0 saturated heterocycles. The Hall–Kier alpha value is -5.48. The van der Waals surface area contributed by atoms with Gasteiger partial charge in [0.05, 0.1) is 26.2 Å². The number of nitrogens with zero attached hydrogens (tertiary/aromatic N) is 1. The Morgan fingerprint density at radius 3 is 2.29 bits per heavy atom. The lowest BCUT2D eigenvalue weighted by Crippen LogP contribution is -2.45. The van der Waals surface area contributed by atoms with Crippen LogP contribution in [-0.4, -0.2) is 56.6 Å². The van der Waals surface area contributed by atoms with Crippen LogP contribution in [0.4, 0.5) is 11.5 Å². The van der Waals surface area contributed by atoms with E-state index >= 15 is 0 Å². The molecule has 6 rings (SSSR count). The number of hydrogen-bond acceptors (Lipinski definition) is 10. The van der Waals surface area contributed by atoms with Crippen molar-refractivity contribution in [3.8, 4) is 34.5 Å². The number of Topliss-reactive ketones (excluding diaryl/α,β-unsaturated/α-hetero) is 1. The van der Waals surface area contributed by atoms with Gasteiger partial charge in [-0.3, -0.25) is 4.79 Å². The minimum atomic E-state index is -0.986. The third kappa shape index (κ3) is 7.66. The van der Waals surface area contributed by atoms with Gasteiger partial charge < -0.3 is 40.3 Å². The molecule has 0 aliphatic heterocycles. The number of ether oxygens (including phenoxy) is 2. The summed E-state index contributed by atoms with van der Waals surface area (Å²) in [6.45, 7) is 0. The van der Waals surface area contributed by atoms with E-state index in [9.17, 15) is 30.3 Å². The van der Waals surface area contributed by atoms with Crippen molar-refractivity contribution in [2.75, 3.05) is 19.5 Å². The summed E-state index contributed by atoms with van der Waals surface area (Å²) in [4.78, 5) is 19.1. The highest BCUT2D eigenvalue weighted by atomic mass is 16.5. The highest BCUT2D eigenvalue weighted by molar-refractivity contribution is 5.87. The Kier molecular flexibility index (Phi) is 10.5. The lowest BCUT2D eigenvalue weighted by Gasteiger charge is -2.40. The maximum Gasteiger partial charge on any atom is 0.200 e. The van der Waals surface area contributed by atoms with Crippen LogP contribution in [0.15, 0.2) is 85.1 Å². The number of methoxy groups -OCH3 is 2. The number of aromatic nitrogens is 1. The zero-order valence-electron chi connectivity index (χ0n) is 28.8. The Balaban J connectivity index is 1.31. The molecule has 2 unspecified atom stereocenters. The van der Waals surface area contributed by atoms with E-state index in [2.05, 4.69) is 10.3 Å². The van der Waals surface area contributed by atoms with Gasteiger partial charge in [0.25, 0.3) is 0 Å². The molecule has 2 atom stereocenters. The average molecular weight is 693 g/mol. The second-order valence-electron chi connectivity index (χ2n) is 13.4. The van der Waals surface area contributed by atoms with Gasteiger partial charge in [0.15, 0.2) is 23.0 Å². The number of phenolic OH excluding ortho intramolecular Hbond substituents is 4. The number of carbonyl (C=O) groups is 1. The second-order valence-corrected chi connectivity index (χ2v) is 13.4. The number of pyridine rings is 1. The average Bonchev–Trinajstić information content (AvgIpc) is 3.62. The van der Waals surface area contributed by atoms with Gasteiger partial charge in [0, 0.05) is 23.7 Å². The van der Waals surface area contributed by atoms with E-state index in [-0.39, 0.29) is 47.4 Å². The first-order chi connectivity index (χ1) is 24.6. The summed E-state index contributed by atoms with van der Waals surface area (Å²) in [6, 6.07) is 23.1. The molecule has 1 aliphatic rings. The molecular formula is C41H44N2O8. The summed E-state index contributed by atoms with van der Waals surface area (Å²) in [6.07, 6.45) is 5.13. The lowest BCUT2D eigenvalue weighted by molar-refractivity contribution is -0.130. The van der Waals surface area contributed by atoms with Gasteiger partial charge in [-0.2, -0.15) is 0 Å². The van der Waals surface area contributed by atoms with Crippen LogP contribution in [0.1, 0.15) is 55.2 Å². The first-order valence-corrected chi connectivity index (χ1v) is 17.2. The standard InChI is InChI=1S/C41H44N2O8/c1-50-36-20-25(5-12-32(36)45)6-13-33(46)39(34(47)14-7-26-19-35(48)40(49)37(21-26)51-2)41(16-3-4-17-41)29-15-18-42-38(24-29)43-30-10-8-28-23-31(44)11-9-27(28)22-30/h5,8-12,15,18-24,33,39,44-46,48-49H,3-4,6-7,13-14,16-17H2,1-2H3,(H,42,43). The monoisotopic (exact) mass is 692 g/mol. The topological polar surface area (TPSA) is 162 Å². The van der Waals surface area contributed by atoms with Gasteiger partial charge in [0.1, 0.15) is 17.4 Å². The SMILES string of the molecule is COc1cc(CCC(O)C(C(=O)CCc2cc(O)c(O)c(OC)c2)C2(c3ccnc(Nc4ccc5cc(O)ccc5c4)c3)CCCC2)ccc1O. The molecule has 266 valence electrons. The molecule has 1 aromatic heterocycles. The molecule has 10 nitrogen and oxygen atoms in total. The smallest absolute Gasteiger partial charge is 0.200 e. The van der Waals surface area contributed by atoms with Crippen LogP contribution in [0.2, 0.25) is 0 Å². The van der Waals surface area contributed by atoms with Gasteiger partial charge in [-0.1, -0.05) is 31.0 Å². The Labute approximate surface area is 297 Å². The number of fused-ring (bicyclic) bond motifs is 1. The zero-order chi connectivity index (χ0) is 36.1. The third-order valence-electron chi connectivity index (χ3n) is 10.2. The highest BCUT2D eigenvalue weighted by Gasteiger charge is 2.49. The van der Waals surface area contributed by atoms with Crippen LogP contribution in [-0.2, 0) is 23.1 Å². The number of benzene rings is 4. The van der Waals surface area contributed by atoms with E-state index in [1.807, 2.05) is 36.4 Å². The molecular weight excluding hydrogens is 648 g/mol. The molecule has 0 bridgehead atoms. The molecule has 0 amide bonds. The fourth-order valence-electron chi connectivity index (χ4n) is 7.67. The number of phenols is 4. The number of aliphatic hydroxyl groups is 1. The molecule has 6 N–H and O–H groups in total. The normalized spacial score (nSPS) is 15.0. The minimum Gasteiger partial charge on any atom is -0.508 e. The van der Waals surface area contributed by atoms with E-state index in [1.54, 1.807) is 42.6 Å². The second kappa shape index (κ2) is 15.2. The fourth-order valence-corrected chi connectivity index (χ4v) is 7.67. The van der Waals surface area contributed by atoms with Crippen molar-refractivity contribution >= 4 is 28.1 Å². The number of aromatic hydroxyl groups is 4. The van der Waals surface area contributed by atoms with E-state index in [4.69, 9.17) is 9.47 Å². The largest absolute Gasteiger partial charge is 0.508 e. The van der Waals surface area contributed by atoms with Crippen LogP contribution in [0, 0.1) is 5.92 Å². The minimum absolute atomic E-state index is 0.0294. The number of carbonyl (C=O) groups excluding carboxylic acids is 1. The summed E-state index contributed by atoms with van der Waals surface area (Å²) in [7, 11) is 2.88. The van der Waals surface area contributed by atoms with E-state index < -0.39 is 17.4 Å². The summed E-state index contributed by atoms with van der Waals surface area (Å²) in [5.74, 6) is -0.217. The number of aryl methyl sites for hydroxylation is 2. The number of hydrogen-bond donors (Lipinski definition) is 6. The maximum atomic E-state index is 14.5. The number of ketones is 1. The number of nitrogens with one attached hydrogen (secondary N) is 1. The van der Waals surface area contributed by atoms with Crippen LogP contribution in [0.3, 0.4) is 0 Å². The van der Waals surface area contributed by atoms with Crippen molar-refractivity contribution < 1.29 is 39.8 Å². The Morgan fingerprint density at radius 1 is 0.804 bits per heavy atom. The number of rotatable bonds is 14. The van der Waals surface area contributed by atoms with Crippen LogP contribution < -0.4 is 14.8 Å². The predicted molar refractivity (Wildman–Crippen MR) is 195 cm³/mol. The maximum absolute atomic E-state index is 14.5. The molecule has 1 saturated carbocycles. The van der Waals surface area contributed by atoms with Gasteiger partial charge in [-0.25, -0.2) is 4.98 Å². The van der Waals surface area contributed by atoms with Gasteiger partial charge in [-0.15, -0.1) is 0 Å². The van der Waals surface area contributed by atoms with Gasteiger partial charge >= 0.3 is 0 Å². The molecule has 0 radical (unpaired) electrons. The highest BCUT2D eigenvalue weighted by Crippen LogP contribution is 2.50. The Morgan fingerprint density at radius 2 is 1.53 bits per heavy atom. The van der Waals surface area contributed by atoms with Crippen molar-refractivity contribution in [3.05, 3.63) is 102 Å². The predicted octanol–water partition coefficient (Wildman–Crippen LogP) is 7.44. The molecule has 5 aromatic rings. The Bertz CT molecular complexity index is 2020. The molecule has 1 heterocycles. The number of aliphatic hydroxyl groups excluding tert-OH is 1. The van der Waals surface area contributed by atoms with Crippen molar-refractivity contribution in [3.63, 3.8) is 0 Å². The van der Waals surface area contributed by atoms with Gasteiger partial charge in [-0.05, 0) is 120 Å². The fraction of sp³-hybridized carbons (Fsp3) is 0.317. The zero-order valence-corrected chi connectivity index (χ0v) is 28.8.